The lowest BCUT2D eigenvalue weighted by molar-refractivity contribution is 0.0716. The lowest BCUT2D eigenvalue weighted by Gasteiger charge is -2.46. The molecule has 0 saturated carbocycles. The molecular formula is C25H31N5O2S. The van der Waals surface area contributed by atoms with Gasteiger partial charge in [-0.1, -0.05) is 23.4 Å². The van der Waals surface area contributed by atoms with Crippen LogP contribution in [0, 0.1) is 5.92 Å². The van der Waals surface area contributed by atoms with E-state index in [0.717, 1.165) is 67.9 Å². The summed E-state index contributed by atoms with van der Waals surface area (Å²) in [6.45, 7) is 7.07. The highest BCUT2D eigenvalue weighted by Gasteiger charge is 2.34. The van der Waals surface area contributed by atoms with E-state index in [-0.39, 0.29) is 0 Å². The van der Waals surface area contributed by atoms with E-state index in [1.807, 2.05) is 36.2 Å². The van der Waals surface area contributed by atoms with Crippen molar-refractivity contribution in [3.8, 4) is 5.88 Å². The van der Waals surface area contributed by atoms with Crippen molar-refractivity contribution in [2.45, 2.75) is 25.4 Å². The van der Waals surface area contributed by atoms with Gasteiger partial charge in [0, 0.05) is 75.1 Å². The minimum absolute atomic E-state index is 0.559. The predicted molar refractivity (Wildman–Crippen MR) is 132 cm³/mol. The topological polar surface area (TPSA) is 57.9 Å². The van der Waals surface area contributed by atoms with Crippen LogP contribution in [0.5, 0.6) is 5.88 Å². The molecule has 0 unspecified atom stereocenters. The monoisotopic (exact) mass is 465 g/mol. The Morgan fingerprint density at radius 1 is 1.06 bits per heavy atom. The van der Waals surface area contributed by atoms with Gasteiger partial charge in [-0.3, -0.25) is 9.80 Å². The summed E-state index contributed by atoms with van der Waals surface area (Å²) in [6, 6.07) is 12.9. The highest BCUT2D eigenvalue weighted by atomic mass is 32.2. The number of nitrogens with zero attached hydrogens (tertiary/aromatic N) is 5. The summed E-state index contributed by atoms with van der Waals surface area (Å²) < 4.78 is 11.6. The Labute approximate surface area is 199 Å². The van der Waals surface area contributed by atoms with Crippen LogP contribution >= 0.6 is 11.8 Å². The Morgan fingerprint density at radius 3 is 2.91 bits per heavy atom. The van der Waals surface area contributed by atoms with Crippen LogP contribution < -0.4 is 9.64 Å². The highest BCUT2D eigenvalue weighted by molar-refractivity contribution is 7.99. The molecule has 8 heteroatoms. The molecule has 0 amide bonds. The normalized spacial score (nSPS) is 24.3. The fourth-order valence-electron chi connectivity index (χ4n) is 5.31. The van der Waals surface area contributed by atoms with Crippen LogP contribution in [0.4, 0.5) is 5.82 Å². The smallest absolute Gasteiger partial charge is 0.213 e. The van der Waals surface area contributed by atoms with Crippen molar-refractivity contribution < 1.29 is 9.26 Å². The molecule has 0 radical (unpaired) electrons. The number of hydrogen-bond acceptors (Lipinski definition) is 8. The molecule has 2 aromatic heterocycles. The SMILES string of the molecule is c1ccc2c(N3CCN4C[C@H](COc5ccc(CN6CCSC6)cn5)CC[C@@H]4C3)noc2c1. The first-order chi connectivity index (χ1) is 16.3. The summed E-state index contributed by atoms with van der Waals surface area (Å²) in [4.78, 5) is 12.1. The van der Waals surface area contributed by atoms with E-state index < -0.39 is 0 Å². The summed E-state index contributed by atoms with van der Waals surface area (Å²) in [5.41, 5.74) is 2.13. The molecular weight excluding hydrogens is 434 g/mol. The summed E-state index contributed by atoms with van der Waals surface area (Å²) >= 11 is 2.00. The largest absolute Gasteiger partial charge is 0.477 e. The average molecular weight is 466 g/mol. The molecule has 2 atom stereocenters. The Morgan fingerprint density at radius 2 is 2.03 bits per heavy atom. The number of piperazine rings is 1. The number of para-hydroxylation sites is 1. The van der Waals surface area contributed by atoms with Crippen molar-refractivity contribution in [2.75, 3.05) is 55.9 Å². The number of piperidine rings is 1. The highest BCUT2D eigenvalue weighted by Crippen LogP contribution is 2.31. The maximum absolute atomic E-state index is 6.09. The van der Waals surface area contributed by atoms with Crippen molar-refractivity contribution in [1.82, 2.24) is 19.9 Å². The molecule has 1 aromatic carbocycles. The molecule has 3 aliphatic heterocycles. The fraction of sp³-hybridized carbons (Fsp3) is 0.520. The van der Waals surface area contributed by atoms with Gasteiger partial charge in [0.2, 0.25) is 5.88 Å². The van der Waals surface area contributed by atoms with Gasteiger partial charge in [0.1, 0.15) is 0 Å². The van der Waals surface area contributed by atoms with Crippen molar-refractivity contribution in [3.05, 3.63) is 48.2 Å². The third-order valence-corrected chi connectivity index (χ3v) is 8.18. The van der Waals surface area contributed by atoms with Crippen LogP contribution in [0.15, 0.2) is 47.1 Å². The van der Waals surface area contributed by atoms with Crippen LogP contribution in [-0.4, -0.2) is 76.9 Å². The molecule has 7 nitrogen and oxygen atoms in total. The van der Waals surface area contributed by atoms with E-state index in [0.29, 0.717) is 12.0 Å². The number of rotatable bonds is 6. The second-order valence-electron chi connectivity index (χ2n) is 9.45. The molecule has 0 N–H and O–H groups in total. The van der Waals surface area contributed by atoms with Gasteiger partial charge in [0.05, 0.1) is 12.0 Å². The van der Waals surface area contributed by atoms with Crippen molar-refractivity contribution in [3.63, 3.8) is 0 Å². The van der Waals surface area contributed by atoms with E-state index in [1.165, 1.54) is 30.7 Å². The van der Waals surface area contributed by atoms with Gasteiger partial charge in [-0.2, -0.15) is 0 Å². The Kier molecular flexibility index (Phi) is 6.13. The molecule has 0 spiro atoms. The number of anilines is 1. The van der Waals surface area contributed by atoms with Gasteiger partial charge >= 0.3 is 0 Å². The molecule has 0 bridgehead atoms. The van der Waals surface area contributed by atoms with Gasteiger partial charge in [-0.25, -0.2) is 4.98 Å². The van der Waals surface area contributed by atoms with Crippen molar-refractivity contribution in [2.24, 2.45) is 5.92 Å². The van der Waals surface area contributed by atoms with E-state index in [1.54, 1.807) is 0 Å². The van der Waals surface area contributed by atoms with Crippen molar-refractivity contribution in [1.29, 1.82) is 0 Å². The number of pyridine rings is 1. The zero-order chi connectivity index (χ0) is 22.0. The minimum Gasteiger partial charge on any atom is -0.477 e. The number of ether oxygens (including phenoxy) is 1. The Hall–Kier alpha value is -2.29. The number of benzene rings is 1. The molecule has 5 heterocycles. The molecule has 3 aromatic rings. The number of aromatic nitrogens is 2. The zero-order valence-corrected chi connectivity index (χ0v) is 19.8. The lowest BCUT2D eigenvalue weighted by atomic mass is 9.91. The van der Waals surface area contributed by atoms with E-state index in [9.17, 15) is 0 Å². The molecule has 174 valence electrons. The van der Waals surface area contributed by atoms with Crippen LogP contribution in [0.2, 0.25) is 0 Å². The quantitative estimate of drug-likeness (QED) is 0.546. The molecule has 3 aliphatic rings. The maximum Gasteiger partial charge on any atom is 0.213 e. The van der Waals surface area contributed by atoms with Gasteiger partial charge in [-0.05, 0) is 30.5 Å². The molecule has 33 heavy (non-hydrogen) atoms. The van der Waals surface area contributed by atoms with Gasteiger partial charge in [0.25, 0.3) is 0 Å². The van der Waals surface area contributed by atoms with Gasteiger partial charge < -0.3 is 14.2 Å². The summed E-state index contributed by atoms with van der Waals surface area (Å²) in [5, 5.41) is 5.49. The average Bonchev–Trinajstić information content (AvgIpc) is 3.53. The third kappa shape index (κ3) is 4.69. The maximum atomic E-state index is 6.09. The zero-order valence-electron chi connectivity index (χ0n) is 18.9. The van der Waals surface area contributed by atoms with Crippen LogP contribution in [0.1, 0.15) is 18.4 Å². The Balaban J connectivity index is 0.998. The predicted octanol–water partition coefficient (Wildman–Crippen LogP) is 3.71. The van der Waals surface area contributed by atoms with Gasteiger partial charge in [-0.15, -0.1) is 11.8 Å². The van der Waals surface area contributed by atoms with Crippen LogP contribution in [0.3, 0.4) is 0 Å². The second-order valence-corrected chi connectivity index (χ2v) is 10.5. The van der Waals surface area contributed by atoms with Gasteiger partial charge in [0.15, 0.2) is 11.4 Å². The number of thioether (sulfide) groups is 1. The first-order valence-electron chi connectivity index (χ1n) is 12.0. The first kappa shape index (κ1) is 21.3. The summed E-state index contributed by atoms with van der Waals surface area (Å²) in [7, 11) is 0. The van der Waals surface area contributed by atoms with E-state index in [2.05, 4.69) is 43.0 Å². The van der Waals surface area contributed by atoms with Crippen LogP contribution in [-0.2, 0) is 6.54 Å². The standard InChI is InChI=1S/C25H31N5O2S/c1-2-4-23-22(3-1)25(27-32-23)30-10-9-29-15-20(5-7-21(29)16-30)17-31-24-8-6-19(13-26-24)14-28-11-12-33-18-28/h1-4,6,8,13,20-21H,5,7,9-12,14-18H2/t20-,21-/m1/s1. The first-order valence-corrected chi connectivity index (χ1v) is 13.2. The summed E-state index contributed by atoms with van der Waals surface area (Å²) in [5.74, 6) is 4.67. The molecule has 3 saturated heterocycles. The Bertz CT molecular complexity index is 1070. The molecule has 0 aliphatic carbocycles. The van der Waals surface area contributed by atoms with Crippen LogP contribution in [0.25, 0.3) is 11.0 Å². The molecule has 6 rings (SSSR count). The lowest BCUT2D eigenvalue weighted by Crippen LogP contribution is -2.57. The summed E-state index contributed by atoms with van der Waals surface area (Å²) in [6.07, 6.45) is 4.36. The third-order valence-electron chi connectivity index (χ3n) is 7.16. The van der Waals surface area contributed by atoms with Crippen molar-refractivity contribution >= 4 is 28.5 Å². The van der Waals surface area contributed by atoms with E-state index >= 15 is 0 Å². The molecule has 3 fully saturated rings. The number of fused-ring (bicyclic) bond motifs is 2. The fourth-order valence-corrected chi connectivity index (χ4v) is 6.31. The second kappa shape index (κ2) is 9.52. The minimum atomic E-state index is 0.559. The van der Waals surface area contributed by atoms with E-state index in [4.69, 9.17) is 9.26 Å². The number of hydrogen-bond donors (Lipinski definition) is 0.